The van der Waals surface area contributed by atoms with Crippen molar-refractivity contribution in [3.05, 3.63) is 0 Å². The van der Waals surface area contributed by atoms with Gasteiger partial charge in [0.15, 0.2) is 0 Å². The first-order chi connectivity index (χ1) is 36.8. The molecule has 15 atom stereocenters. The molecule has 7 fully saturated rings. The van der Waals surface area contributed by atoms with E-state index in [9.17, 15) is 0 Å². The molecule has 0 N–H and O–H groups in total. The molecule has 7 aliphatic carbocycles. The van der Waals surface area contributed by atoms with Gasteiger partial charge in [0.05, 0.1) is 0 Å². The Hall–Kier alpha value is 0. The molecule has 0 spiro atoms. The van der Waals surface area contributed by atoms with Crippen LogP contribution in [0.4, 0.5) is 0 Å². The molecule has 0 heterocycles. The largest absolute Gasteiger partial charge is 0.0651 e. The molecule has 0 bridgehead atoms. The van der Waals surface area contributed by atoms with Crippen molar-refractivity contribution >= 4 is 0 Å². The summed E-state index contributed by atoms with van der Waals surface area (Å²) in [6.45, 7) is 67.2. The van der Waals surface area contributed by atoms with Gasteiger partial charge in [-0.05, 0) is 211 Å². The van der Waals surface area contributed by atoms with E-state index >= 15 is 0 Å². The standard InChI is InChI=1S/C15H30.2C12H24.C11H22.2C10H20.C9H18/c1-7-15(12(4)5)10-13(6)8-9-14(15)11(2)3;1-5-11-8-10(4)6-7-12(11)9(2)3;1-5-11-8-6-7-10(4)12(11)9(2)3;1-4-10-7-5-6-8-11(10)9(2)3;1-8(2)10(4)6-5-9(3)7-10;1-8(2)10(4)7-5-6-9(10)3;1-8(2)9(3)6-4-5-7-9/h11-14H,7-10H2,1-6H3;2*9-12H,5-8H2,1-4H3;9-11H,4-8H2,1-3H3;2*8-9H,5-7H2,1-4H3;8H,4-7H2,1-3H3. The van der Waals surface area contributed by atoms with E-state index in [1.165, 1.54) is 173 Å². The second-order valence-electron chi connectivity index (χ2n) is 33.9. The highest BCUT2D eigenvalue weighted by atomic mass is 14.5. The van der Waals surface area contributed by atoms with Crippen molar-refractivity contribution in [3.63, 3.8) is 0 Å². The predicted molar refractivity (Wildman–Crippen MR) is 363 cm³/mol. The smallest absolute Gasteiger partial charge is 0.0244 e. The molecular weight excluding hydrogens is 949 g/mol. The van der Waals surface area contributed by atoms with Crippen molar-refractivity contribution in [2.75, 3.05) is 0 Å². The average Bonchev–Trinajstić information content (AvgIpc) is 4.12. The van der Waals surface area contributed by atoms with Gasteiger partial charge in [0, 0.05) is 0 Å². The van der Waals surface area contributed by atoms with Crippen LogP contribution in [0.5, 0.6) is 0 Å². The molecule has 7 saturated carbocycles. The normalized spacial score (nSPS) is 36.3. The van der Waals surface area contributed by atoms with Gasteiger partial charge in [0.25, 0.3) is 0 Å². The molecule has 79 heavy (non-hydrogen) atoms. The zero-order valence-electron chi connectivity index (χ0n) is 60.6. The maximum atomic E-state index is 2.45. The molecule has 0 aromatic carbocycles. The fraction of sp³-hybridized carbons (Fsp3) is 1.00. The molecule has 0 radical (unpaired) electrons. The quantitative estimate of drug-likeness (QED) is 0.183. The van der Waals surface area contributed by atoms with E-state index in [1.54, 1.807) is 0 Å². The Labute approximate surface area is 504 Å². The fourth-order valence-electron chi connectivity index (χ4n) is 18.9. The molecule has 0 nitrogen and oxygen atoms in total. The lowest BCUT2D eigenvalue weighted by molar-refractivity contribution is -0.0136. The monoisotopic (exact) mass is 1110 g/mol. The molecule has 15 unspecified atom stereocenters. The van der Waals surface area contributed by atoms with E-state index in [-0.39, 0.29) is 0 Å². The van der Waals surface area contributed by atoms with E-state index in [1.807, 2.05) is 0 Å². The predicted octanol–water partition coefficient (Wildman–Crippen LogP) is 27.4. The van der Waals surface area contributed by atoms with Crippen LogP contribution < -0.4 is 0 Å². The van der Waals surface area contributed by atoms with Crippen LogP contribution >= 0.6 is 0 Å². The fourth-order valence-corrected chi connectivity index (χ4v) is 18.9. The van der Waals surface area contributed by atoms with Crippen LogP contribution in [0.15, 0.2) is 0 Å². The molecule has 0 aliphatic heterocycles. The first kappa shape index (κ1) is 77.0. The lowest BCUT2D eigenvalue weighted by Crippen LogP contribution is -2.42. The van der Waals surface area contributed by atoms with Crippen LogP contribution in [-0.2, 0) is 0 Å². The van der Waals surface area contributed by atoms with Crippen molar-refractivity contribution in [2.24, 2.45) is 140 Å². The van der Waals surface area contributed by atoms with Crippen molar-refractivity contribution < 1.29 is 0 Å². The van der Waals surface area contributed by atoms with E-state index in [2.05, 4.69) is 194 Å². The van der Waals surface area contributed by atoms with Gasteiger partial charge in [-0.15, -0.1) is 0 Å². The Balaban J connectivity index is 0.000000463. The molecule has 7 aliphatic rings. The van der Waals surface area contributed by atoms with Gasteiger partial charge in [-0.3, -0.25) is 0 Å². The van der Waals surface area contributed by atoms with Gasteiger partial charge in [-0.1, -0.05) is 297 Å². The van der Waals surface area contributed by atoms with Gasteiger partial charge in [-0.25, -0.2) is 0 Å². The van der Waals surface area contributed by atoms with Gasteiger partial charge in [-0.2, -0.15) is 0 Å². The zero-order valence-corrected chi connectivity index (χ0v) is 60.6. The maximum Gasteiger partial charge on any atom is -0.0244 e. The topological polar surface area (TPSA) is 0 Å². The highest BCUT2D eigenvalue weighted by molar-refractivity contribution is 4.95. The van der Waals surface area contributed by atoms with E-state index in [0.29, 0.717) is 21.7 Å². The van der Waals surface area contributed by atoms with E-state index < -0.39 is 0 Å². The Kier molecular flexibility index (Phi) is 36.6. The third-order valence-corrected chi connectivity index (χ3v) is 26.2. The molecule has 0 heteroatoms. The van der Waals surface area contributed by atoms with Crippen LogP contribution in [0.1, 0.15) is 367 Å². The summed E-state index contributed by atoms with van der Waals surface area (Å²) in [6.07, 6.45) is 39.4. The molecular formula is C79H158. The minimum atomic E-state index is 0.631. The second-order valence-corrected chi connectivity index (χ2v) is 33.9. The molecule has 0 aromatic rings. The van der Waals surface area contributed by atoms with Crippen LogP contribution in [0.2, 0.25) is 0 Å². The molecule has 474 valence electrons. The lowest BCUT2D eigenvalue weighted by Gasteiger charge is -2.51. The summed E-state index contributed by atoms with van der Waals surface area (Å²) in [7, 11) is 0. The number of hydrogen-bond acceptors (Lipinski definition) is 0. The summed E-state index contributed by atoms with van der Waals surface area (Å²) in [6, 6.07) is 0. The second kappa shape index (κ2) is 37.5. The first-order valence-electron chi connectivity index (χ1n) is 36.8. The summed E-state index contributed by atoms with van der Waals surface area (Å²) >= 11 is 0. The molecule has 0 amide bonds. The van der Waals surface area contributed by atoms with E-state index in [4.69, 9.17) is 0 Å². The van der Waals surface area contributed by atoms with Gasteiger partial charge < -0.3 is 0 Å². The molecule has 7 rings (SSSR count). The molecule has 0 aromatic heterocycles. The van der Waals surface area contributed by atoms with Gasteiger partial charge in [0.2, 0.25) is 0 Å². The lowest BCUT2D eigenvalue weighted by atomic mass is 9.54. The van der Waals surface area contributed by atoms with Crippen LogP contribution in [0.25, 0.3) is 0 Å². The van der Waals surface area contributed by atoms with Gasteiger partial charge in [0.1, 0.15) is 0 Å². The summed E-state index contributed by atoms with van der Waals surface area (Å²) in [4.78, 5) is 0. The minimum Gasteiger partial charge on any atom is -0.0651 e. The number of rotatable bonds is 12. The molecule has 0 saturated heterocycles. The highest BCUT2D eigenvalue weighted by Gasteiger charge is 2.45. The maximum absolute atomic E-state index is 2.45. The number of hydrogen-bond donors (Lipinski definition) is 0. The average molecular weight is 1110 g/mol. The van der Waals surface area contributed by atoms with Crippen LogP contribution in [-0.4, -0.2) is 0 Å². The SMILES string of the molecule is CC(C)C1(C)CCCC1.CC(C)C1(C)CCCC1C.CC1CCC(C)(C(C)C)C1.CCC1(C(C)C)CC(C)CCC1C(C)C.CCC1CC(C)CCC1C(C)C.CCC1CCCC(C)C1C(C)C.CCC1CCCCC1C(C)C. The highest BCUT2D eigenvalue weighted by Crippen LogP contribution is 2.54. The first-order valence-corrected chi connectivity index (χ1v) is 36.8. The summed E-state index contributed by atoms with van der Waals surface area (Å²) in [5, 5.41) is 0. The van der Waals surface area contributed by atoms with Crippen molar-refractivity contribution in [1.29, 1.82) is 0 Å². The van der Waals surface area contributed by atoms with E-state index in [0.717, 1.165) is 118 Å². The Morgan fingerprint density at radius 2 is 0.873 bits per heavy atom. The van der Waals surface area contributed by atoms with Gasteiger partial charge >= 0.3 is 0 Å². The van der Waals surface area contributed by atoms with Crippen LogP contribution in [0.3, 0.4) is 0 Å². The minimum absolute atomic E-state index is 0.631. The van der Waals surface area contributed by atoms with Crippen molar-refractivity contribution in [1.82, 2.24) is 0 Å². The van der Waals surface area contributed by atoms with Crippen molar-refractivity contribution in [3.8, 4) is 0 Å². The summed E-state index contributed by atoms with van der Waals surface area (Å²) in [5.41, 5.74) is 2.64. The third-order valence-electron chi connectivity index (χ3n) is 26.2. The zero-order chi connectivity index (χ0) is 60.6. The van der Waals surface area contributed by atoms with Crippen molar-refractivity contribution in [2.45, 2.75) is 367 Å². The Morgan fingerprint density at radius 3 is 1.23 bits per heavy atom. The summed E-state index contributed by atoms with van der Waals surface area (Å²) in [5.74, 6) is 19.0. The third kappa shape index (κ3) is 24.4. The Morgan fingerprint density at radius 1 is 0.367 bits per heavy atom. The summed E-state index contributed by atoms with van der Waals surface area (Å²) < 4.78 is 0. The van der Waals surface area contributed by atoms with Crippen LogP contribution in [0, 0.1) is 140 Å². The Bertz CT molecular complexity index is 1480.